The Hall–Kier alpha value is -0.800. The second kappa shape index (κ2) is 5.89. The predicted molar refractivity (Wildman–Crippen MR) is 70.8 cm³/mol. The van der Waals surface area contributed by atoms with E-state index in [1.54, 1.807) is 4.90 Å². The zero-order valence-electron chi connectivity index (χ0n) is 9.83. The SMILES string of the molecule is O=C(c1ccc(F)c(Cl)c1)N1CCC(CCCl)C1. The highest BCUT2D eigenvalue weighted by Gasteiger charge is 2.26. The van der Waals surface area contributed by atoms with Gasteiger partial charge in [0.05, 0.1) is 5.02 Å². The Morgan fingerprint density at radius 1 is 1.50 bits per heavy atom. The number of hydrogen-bond donors (Lipinski definition) is 0. The van der Waals surface area contributed by atoms with E-state index in [0.29, 0.717) is 17.4 Å². The number of carbonyl (C=O) groups excluding carboxylic acids is 1. The number of benzene rings is 1. The smallest absolute Gasteiger partial charge is 0.253 e. The molecule has 5 heteroatoms. The first-order chi connectivity index (χ1) is 8.61. The summed E-state index contributed by atoms with van der Waals surface area (Å²) in [5.41, 5.74) is 0.438. The molecule has 2 rings (SSSR count). The highest BCUT2D eigenvalue weighted by Crippen LogP contribution is 2.23. The number of carbonyl (C=O) groups is 1. The van der Waals surface area contributed by atoms with Crippen LogP contribution in [-0.2, 0) is 0 Å². The molecule has 0 radical (unpaired) electrons. The first-order valence-electron chi connectivity index (χ1n) is 5.92. The maximum absolute atomic E-state index is 13.0. The lowest BCUT2D eigenvalue weighted by molar-refractivity contribution is 0.0787. The third kappa shape index (κ3) is 2.96. The number of halogens is 3. The Morgan fingerprint density at radius 2 is 2.28 bits per heavy atom. The van der Waals surface area contributed by atoms with Gasteiger partial charge in [-0.3, -0.25) is 4.79 Å². The molecule has 1 atom stereocenters. The molecule has 0 bridgehead atoms. The second-order valence-corrected chi connectivity index (χ2v) is 5.30. The zero-order valence-corrected chi connectivity index (χ0v) is 11.3. The summed E-state index contributed by atoms with van der Waals surface area (Å²) in [6, 6.07) is 4.08. The molecule has 1 aromatic carbocycles. The molecule has 1 fully saturated rings. The molecule has 2 nitrogen and oxygen atoms in total. The normalized spacial score (nSPS) is 19.3. The Kier molecular flexibility index (Phi) is 4.46. The van der Waals surface area contributed by atoms with Crippen molar-refractivity contribution in [1.82, 2.24) is 4.90 Å². The van der Waals surface area contributed by atoms with Crippen molar-refractivity contribution in [3.8, 4) is 0 Å². The molecule has 1 aromatic rings. The van der Waals surface area contributed by atoms with Crippen LogP contribution < -0.4 is 0 Å². The van der Waals surface area contributed by atoms with Gasteiger partial charge in [-0.2, -0.15) is 0 Å². The summed E-state index contributed by atoms with van der Waals surface area (Å²) in [6.45, 7) is 1.45. The van der Waals surface area contributed by atoms with Crippen LogP contribution in [0.4, 0.5) is 4.39 Å². The number of amides is 1. The lowest BCUT2D eigenvalue weighted by Crippen LogP contribution is -2.28. The van der Waals surface area contributed by atoms with Gasteiger partial charge in [0.25, 0.3) is 5.91 Å². The molecule has 1 amide bonds. The van der Waals surface area contributed by atoms with E-state index < -0.39 is 5.82 Å². The van der Waals surface area contributed by atoms with E-state index in [-0.39, 0.29) is 10.9 Å². The summed E-state index contributed by atoms with van der Waals surface area (Å²) in [4.78, 5) is 14.0. The van der Waals surface area contributed by atoms with E-state index in [1.165, 1.54) is 18.2 Å². The second-order valence-electron chi connectivity index (χ2n) is 4.51. The van der Waals surface area contributed by atoms with Crippen LogP contribution >= 0.6 is 23.2 Å². The van der Waals surface area contributed by atoms with Crippen molar-refractivity contribution < 1.29 is 9.18 Å². The largest absolute Gasteiger partial charge is 0.338 e. The van der Waals surface area contributed by atoms with Gasteiger partial charge in [-0.25, -0.2) is 4.39 Å². The van der Waals surface area contributed by atoms with E-state index in [4.69, 9.17) is 23.2 Å². The van der Waals surface area contributed by atoms with Gasteiger partial charge in [-0.05, 0) is 37.0 Å². The molecule has 1 saturated heterocycles. The Labute approximate surface area is 116 Å². The minimum atomic E-state index is -0.505. The fourth-order valence-electron chi connectivity index (χ4n) is 2.22. The van der Waals surface area contributed by atoms with Crippen LogP contribution in [0.2, 0.25) is 5.02 Å². The van der Waals surface area contributed by atoms with Gasteiger partial charge in [0.2, 0.25) is 0 Å². The van der Waals surface area contributed by atoms with Crippen molar-refractivity contribution in [3.05, 3.63) is 34.6 Å². The average Bonchev–Trinajstić information content (AvgIpc) is 2.81. The quantitative estimate of drug-likeness (QED) is 0.779. The third-order valence-corrected chi connectivity index (χ3v) is 3.76. The highest BCUT2D eigenvalue weighted by atomic mass is 35.5. The van der Waals surface area contributed by atoms with Crippen molar-refractivity contribution in [2.24, 2.45) is 5.92 Å². The van der Waals surface area contributed by atoms with Crippen LogP contribution in [-0.4, -0.2) is 29.8 Å². The van der Waals surface area contributed by atoms with Crippen molar-refractivity contribution >= 4 is 29.1 Å². The van der Waals surface area contributed by atoms with Crippen molar-refractivity contribution in [1.29, 1.82) is 0 Å². The Morgan fingerprint density at radius 3 is 2.94 bits per heavy atom. The van der Waals surface area contributed by atoms with Gasteiger partial charge in [0.15, 0.2) is 0 Å². The molecule has 0 aliphatic carbocycles. The Bertz CT molecular complexity index is 453. The molecular formula is C13H14Cl2FNO. The van der Waals surface area contributed by atoms with Crippen molar-refractivity contribution in [2.75, 3.05) is 19.0 Å². The van der Waals surface area contributed by atoms with Crippen molar-refractivity contribution in [2.45, 2.75) is 12.8 Å². The maximum atomic E-state index is 13.0. The zero-order chi connectivity index (χ0) is 13.1. The summed E-state index contributed by atoms with van der Waals surface area (Å²) < 4.78 is 13.0. The molecule has 1 unspecified atom stereocenters. The Balaban J connectivity index is 2.05. The number of nitrogens with zero attached hydrogens (tertiary/aromatic N) is 1. The minimum absolute atomic E-state index is 0.0163. The molecule has 1 aliphatic heterocycles. The highest BCUT2D eigenvalue weighted by molar-refractivity contribution is 6.31. The molecular weight excluding hydrogens is 276 g/mol. The number of likely N-dealkylation sites (tertiary alicyclic amines) is 1. The lowest BCUT2D eigenvalue weighted by atomic mass is 10.1. The van der Waals surface area contributed by atoms with E-state index >= 15 is 0 Å². The van der Waals surface area contributed by atoms with Gasteiger partial charge in [0, 0.05) is 24.5 Å². The topological polar surface area (TPSA) is 20.3 Å². The predicted octanol–water partition coefficient (Wildman–Crippen LogP) is 3.57. The van der Waals surface area contributed by atoms with Gasteiger partial charge < -0.3 is 4.90 Å². The van der Waals surface area contributed by atoms with Crippen LogP contribution in [0, 0.1) is 11.7 Å². The third-order valence-electron chi connectivity index (χ3n) is 3.26. The van der Waals surface area contributed by atoms with Gasteiger partial charge in [-0.15, -0.1) is 11.6 Å². The summed E-state index contributed by atoms with van der Waals surface area (Å²) in [5, 5.41) is -0.0163. The van der Waals surface area contributed by atoms with Crippen LogP contribution in [0.25, 0.3) is 0 Å². The fourth-order valence-corrected chi connectivity index (χ4v) is 2.71. The first kappa shape index (κ1) is 13.6. The van der Waals surface area contributed by atoms with Gasteiger partial charge in [0.1, 0.15) is 5.82 Å². The summed E-state index contributed by atoms with van der Waals surface area (Å²) in [6.07, 6.45) is 1.91. The summed E-state index contributed by atoms with van der Waals surface area (Å²) >= 11 is 11.4. The number of rotatable bonds is 3. The van der Waals surface area contributed by atoms with Crippen LogP contribution in [0.1, 0.15) is 23.2 Å². The van der Waals surface area contributed by atoms with E-state index in [0.717, 1.165) is 25.9 Å². The average molecular weight is 290 g/mol. The molecule has 0 N–H and O–H groups in total. The van der Waals surface area contributed by atoms with E-state index in [1.807, 2.05) is 0 Å². The molecule has 0 aromatic heterocycles. The van der Waals surface area contributed by atoms with Crippen LogP contribution in [0.15, 0.2) is 18.2 Å². The lowest BCUT2D eigenvalue weighted by Gasteiger charge is -2.16. The first-order valence-corrected chi connectivity index (χ1v) is 6.83. The summed E-state index contributed by atoms with van der Waals surface area (Å²) in [7, 11) is 0. The van der Waals surface area contributed by atoms with Gasteiger partial charge in [-0.1, -0.05) is 11.6 Å². The summed E-state index contributed by atoms with van der Waals surface area (Å²) in [5.74, 6) is 0.501. The molecule has 98 valence electrons. The molecule has 0 saturated carbocycles. The standard InChI is InChI=1S/C13H14Cl2FNO/c14-5-3-9-4-6-17(8-9)13(18)10-1-2-12(16)11(15)7-10/h1-2,7,9H,3-6,8H2. The van der Waals surface area contributed by atoms with Crippen LogP contribution in [0.5, 0.6) is 0 Å². The molecule has 1 heterocycles. The van der Waals surface area contributed by atoms with E-state index in [2.05, 4.69) is 0 Å². The fraction of sp³-hybridized carbons (Fsp3) is 0.462. The number of hydrogen-bond acceptors (Lipinski definition) is 1. The molecule has 18 heavy (non-hydrogen) atoms. The van der Waals surface area contributed by atoms with Crippen LogP contribution in [0.3, 0.4) is 0 Å². The van der Waals surface area contributed by atoms with Crippen molar-refractivity contribution in [3.63, 3.8) is 0 Å². The molecule has 0 spiro atoms. The monoisotopic (exact) mass is 289 g/mol. The maximum Gasteiger partial charge on any atom is 0.253 e. The number of alkyl halides is 1. The molecule has 1 aliphatic rings. The van der Waals surface area contributed by atoms with Gasteiger partial charge >= 0.3 is 0 Å². The minimum Gasteiger partial charge on any atom is -0.338 e. The van der Waals surface area contributed by atoms with E-state index in [9.17, 15) is 9.18 Å².